The maximum absolute atomic E-state index is 5.84. The largest absolute Gasteiger partial charge is 0.491 e. The van der Waals surface area contributed by atoms with Crippen LogP contribution in [0.3, 0.4) is 0 Å². The van der Waals surface area contributed by atoms with Crippen molar-refractivity contribution in [2.24, 2.45) is 5.92 Å². The van der Waals surface area contributed by atoms with Crippen molar-refractivity contribution in [3.8, 4) is 5.75 Å². The summed E-state index contributed by atoms with van der Waals surface area (Å²) in [6.07, 6.45) is 2.63. The molecule has 1 aliphatic rings. The highest BCUT2D eigenvalue weighted by atomic mass is 16.5. The van der Waals surface area contributed by atoms with Crippen LogP contribution < -0.4 is 4.74 Å². The minimum Gasteiger partial charge on any atom is -0.491 e. The van der Waals surface area contributed by atoms with Gasteiger partial charge in [-0.05, 0) is 37.8 Å². The summed E-state index contributed by atoms with van der Waals surface area (Å²) in [5.74, 6) is 1.70. The summed E-state index contributed by atoms with van der Waals surface area (Å²) in [7, 11) is 0. The summed E-state index contributed by atoms with van der Waals surface area (Å²) in [6, 6.07) is 10.2. The van der Waals surface area contributed by atoms with Gasteiger partial charge in [0, 0.05) is 11.1 Å². The Morgan fingerprint density at radius 1 is 1.25 bits per heavy atom. The maximum Gasteiger partial charge on any atom is 0.145 e. The molecule has 0 radical (unpaired) electrons. The molecule has 16 heavy (non-hydrogen) atoms. The molecule has 1 heterocycles. The molecule has 0 spiro atoms. The molecule has 0 aliphatic heterocycles. The van der Waals surface area contributed by atoms with E-state index in [1.807, 2.05) is 25.1 Å². The summed E-state index contributed by atoms with van der Waals surface area (Å²) < 4.78 is 5.84. The first-order valence-electron chi connectivity index (χ1n) is 5.82. The van der Waals surface area contributed by atoms with Crippen LogP contribution >= 0.6 is 0 Å². The van der Waals surface area contributed by atoms with Crippen LogP contribution in [-0.2, 0) is 0 Å². The van der Waals surface area contributed by atoms with Gasteiger partial charge in [0.1, 0.15) is 11.3 Å². The monoisotopic (exact) mass is 213 g/mol. The molecule has 0 unspecified atom stereocenters. The lowest BCUT2D eigenvalue weighted by Gasteiger charge is -2.08. The minimum absolute atomic E-state index is 0.778. The number of pyridine rings is 1. The van der Waals surface area contributed by atoms with Gasteiger partial charge in [-0.25, -0.2) is 4.98 Å². The van der Waals surface area contributed by atoms with Crippen molar-refractivity contribution < 1.29 is 4.74 Å². The third-order valence-corrected chi connectivity index (χ3v) is 2.99. The van der Waals surface area contributed by atoms with E-state index in [2.05, 4.69) is 17.1 Å². The molecule has 0 saturated heterocycles. The van der Waals surface area contributed by atoms with Crippen molar-refractivity contribution in [2.45, 2.75) is 19.8 Å². The van der Waals surface area contributed by atoms with Crippen LogP contribution in [0.5, 0.6) is 5.75 Å². The Labute approximate surface area is 95.3 Å². The molecule has 0 atom stereocenters. The Morgan fingerprint density at radius 2 is 2.12 bits per heavy atom. The van der Waals surface area contributed by atoms with E-state index in [9.17, 15) is 0 Å². The molecule has 2 heteroatoms. The van der Waals surface area contributed by atoms with Crippen LogP contribution in [-0.4, -0.2) is 11.6 Å². The smallest absolute Gasteiger partial charge is 0.145 e. The van der Waals surface area contributed by atoms with Crippen LogP contribution in [0.25, 0.3) is 10.9 Å². The first-order valence-corrected chi connectivity index (χ1v) is 5.82. The Kier molecular flexibility index (Phi) is 2.28. The van der Waals surface area contributed by atoms with Crippen LogP contribution in [0.1, 0.15) is 18.5 Å². The highest BCUT2D eigenvalue weighted by Crippen LogP contribution is 2.31. The molecular formula is C14H15NO. The second-order valence-electron chi connectivity index (χ2n) is 4.53. The minimum atomic E-state index is 0.778. The molecule has 0 bridgehead atoms. The molecule has 1 aromatic carbocycles. The standard InChI is InChI=1S/C14H15NO/c1-10-5-8-12-3-2-4-13(14(12)15-10)16-9-11-6-7-11/h2-5,8,11H,6-7,9H2,1H3. The predicted octanol–water partition coefficient (Wildman–Crippen LogP) is 3.33. The van der Waals surface area contributed by atoms with Gasteiger partial charge in [0.05, 0.1) is 6.61 Å². The van der Waals surface area contributed by atoms with E-state index in [0.717, 1.165) is 34.9 Å². The molecule has 1 saturated carbocycles. The number of rotatable bonds is 3. The van der Waals surface area contributed by atoms with E-state index in [-0.39, 0.29) is 0 Å². The summed E-state index contributed by atoms with van der Waals surface area (Å²) in [5.41, 5.74) is 2.03. The zero-order valence-corrected chi connectivity index (χ0v) is 9.44. The molecule has 2 nitrogen and oxygen atoms in total. The quantitative estimate of drug-likeness (QED) is 0.780. The number of benzene rings is 1. The van der Waals surface area contributed by atoms with Gasteiger partial charge in [-0.2, -0.15) is 0 Å². The number of aryl methyl sites for hydroxylation is 1. The Morgan fingerprint density at radius 3 is 2.94 bits per heavy atom. The Bertz CT molecular complexity index is 517. The predicted molar refractivity (Wildman–Crippen MR) is 64.7 cm³/mol. The molecule has 2 aromatic rings. The first-order chi connectivity index (χ1) is 7.83. The van der Waals surface area contributed by atoms with E-state index in [1.54, 1.807) is 0 Å². The average molecular weight is 213 g/mol. The number of ether oxygens (including phenoxy) is 1. The van der Waals surface area contributed by atoms with Crippen molar-refractivity contribution in [1.29, 1.82) is 0 Å². The Hall–Kier alpha value is -1.57. The van der Waals surface area contributed by atoms with E-state index in [1.165, 1.54) is 12.8 Å². The van der Waals surface area contributed by atoms with Gasteiger partial charge in [0.15, 0.2) is 0 Å². The van der Waals surface area contributed by atoms with Crippen LogP contribution in [0.15, 0.2) is 30.3 Å². The molecule has 1 fully saturated rings. The molecule has 3 rings (SSSR count). The van der Waals surface area contributed by atoms with Gasteiger partial charge in [-0.3, -0.25) is 0 Å². The Balaban J connectivity index is 1.97. The van der Waals surface area contributed by atoms with Gasteiger partial charge < -0.3 is 4.74 Å². The normalized spacial score (nSPS) is 15.3. The third kappa shape index (κ3) is 1.87. The van der Waals surface area contributed by atoms with Gasteiger partial charge >= 0.3 is 0 Å². The highest BCUT2D eigenvalue weighted by Gasteiger charge is 2.22. The molecule has 1 aliphatic carbocycles. The zero-order valence-electron chi connectivity index (χ0n) is 9.44. The SMILES string of the molecule is Cc1ccc2cccc(OCC3CC3)c2n1. The fourth-order valence-electron chi connectivity index (χ4n) is 1.83. The lowest BCUT2D eigenvalue weighted by molar-refractivity contribution is 0.302. The van der Waals surface area contributed by atoms with Gasteiger partial charge in [0.25, 0.3) is 0 Å². The number of nitrogens with zero attached hydrogens (tertiary/aromatic N) is 1. The van der Waals surface area contributed by atoms with Crippen LogP contribution in [0.2, 0.25) is 0 Å². The fourth-order valence-corrected chi connectivity index (χ4v) is 1.83. The van der Waals surface area contributed by atoms with Gasteiger partial charge in [0.2, 0.25) is 0 Å². The van der Waals surface area contributed by atoms with E-state index in [4.69, 9.17) is 4.74 Å². The van der Waals surface area contributed by atoms with Crippen molar-refractivity contribution >= 4 is 10.9 Å². The average Bonchev–Trinajstić information content (AvgIpc) is 3.10. The van der Waals surface area contributed by atoms with Crippen molar-refractivity contribution in [1.82, 2.24) is 4.98 Å². The highest BCUT2D eigenvalue weighted by molar-refractivity contribution is 5.84. The lowest BCUT2D eigenvalue weighted by Crippen LogP contribution is -2.00. The molecule has 82 valence electrons. The van der Waals surface area contributed by atoms with Crippen molar-refractivity contribution in [3.05, 3.63) is 36.0 Å². The van der Waals surface area contributed by atoms with E-state index in [0.29, 0.717) is 0 Å². The summed E-state index contributed by atoms with van der Waals surface area (Å²) in [6.45, 7) is 2.85. The number of para-hydroxylation sites is 1. The zero-order chi connectivity index (χ0) is 11.0. The number of fused-ring (bicyclic) bond motifs is 1. The second kappa shape index (κ2) is 3.78. The summed E-state index contributed by atoms with van der Waals surface area (Å²) >= 11 is 0. The first kappa shape index (κ1) is 9.64. The van der Waals surface area contributed by atoms with E-state index >= 15 is 0 Å². The van der Waals surface area contributed by atoms with Crippen LogP contribution in [0, 0.1) is 12.8 Å². The van der Waals surface area contributed by atoms with E-state index < -0.39 is 0 Å². The number of aromatic nitrogens is 1. The topological polar surface area (TPSA) is 22.1 Å². The van der Waals surface area contributed by atoms with Crippen molar-refractivity contribution in [3.63, 3.8) is 0 Å². The summed E-state index contributed by atoms with van der Waals surface area (Å²) in [4.78, 5) is 4.55. The molecule has 0 N–H and O–H groups in total. The summed E-state index contributed by atoms with van der Waals surface area (Å²) in [5, 5.41) is 1.15. The molecular weight excluding hydrogens is 198 g/mol. The second-order valence-corrected chi connectivity index (χ2v) is 4.53. The molecule has 1 aromatic heterocycles. The number of hydrogen-bond donors (Lipinski definition) is 0. The molecule has 0 amide bonds. The third-order valence-electron chi connectivity index (χ3n) is 2.99. The van der Waals surface area contributed by atoms with Crippen LogP contribution in [0.4, 0.5) is 0 Å². The van der Waals surface area contributed by atoms with Crippen molar-refractivity contribution in [2.75, 3.05) is 6.61 Å². The lowest BCUT2D eigenvalue weighted by atomic mass is 10.2. The number of hydrogen-bond acceptors (Lipinski definition) is 2. The van der Waals surface area contributed by atoms with Gasteiger partial charge in [-0.1, -0.05) is 18.2 Å². The maximum atomic E-state index is 5.84. The van der Waals surface area contributed by atoms with Gasteiger partial charge in [-0.15, -0.1) is 0 Å². The fraction of sp³-hybridized carbons (Fsp3) is 0.357.